The number of rotatable bonds is 3. The number of hydrogen-bond acceptors (Lipinski definition) is 9. The van der Waals surface area contributed by atoms with Crippen molar-refractivity contribution in [3.05, 3.63) is 52.3 Å². The van der Waals surface area contributed by atoms with Gasteiger partial charge in [-0.05, 0) is 62.6 Å². The molecule has 4 aromatic rings. The maximum Gasteiger partial charge on any atom is 0.410 e. The molecular weight excluding hydrogens is 552 g/mol. The van der Waals surface area contributed by atoms with Crippen LogP contribution in [-0.2, 0) is 4.74 Å². The highest BCUT2D eigenvalue weighted by molar-refractivity contribution is 7.21. The normalized spacial score (nSPS) is 15.7. The van der Waals surface area contributed by atoms with Crippen LogP contribution in [0.3, 0.4) is 0 Å². The highest BCUT2D eigenvalue weighted by atomic mass is 35.5. The van der Waals surface area contributed by atoms with Crippen LogP contribution in [0.2, 0.25) is 5.28 Å². The van der Waals surface area contributed by atoms with Crippen molar-refractivity contribution in [2.24, 2.45) is 0 Å². The molecule has 0 radical (unpaired) electrons. The minimum absolute atomic E-state index is 0.0540. The Labute approximate surface area is 239 Å². The number of nitrogens with zero attached hydrogens (tertiary/aromatic N) is 4. The van der Waals surface area contributed by atoms with Crippen molar-refractivity contribution in [1.82, 2.24) is 25.2 Å². The third kappa shape index (κ3) is 5.14. The summed E-state index contributed by atoms with van der Waals surface area (Å²) in [5.41, 5.74) is 2.63. The van der Waals surface area contributed by atoms with E-state index in [2.05, 4.69) is 20.6 Å². The van der Waals surface area contributed by atoms with Crippen LogP contribution in [0.15, 0.2) is 36.5 Å². The van der Waals surface area contributed by atoms with Crippen molar-refractivity contribution < 1.29 is 19.1 Å². The molecule has 6 rings (SSSR count). The van der Waals surface area contributed by atoms with Crippen molar-refractivity contribution in [3.8, 4) is 11.8 Å². The SMILES string of the molecule is CC(C)(C)OC(=O)N1CC=C(c2cnc(Cl)nc2Oc2ccc3c(ccc4sc5c(c43)NCCNC5=O)n2)CC1. The fourth-order valence-corrected chi connectivity index (χ4v) is 6.00. The van der Waals surface area contributed by atoms with Crippen molar-refractivity contribution in [2.45, 2.75) is 32.8 Å². The molecule has 2 N–H and O–H groups in total. The standard InChI is InChI=1S/C28H27ClN6O4S/c1-28(2,3)39-27(37)35-12-8-15(9-13-35)17-14-32-26(29)34-25(17)38-20-7-4-16-18(33-20)5-6-19-21(16)22-23(40-19)24(36)31-11-10-30-22/h4-8,14,30H,9-13H2,1-3H3,(H,31,36). The molecule has 3 aromatic heterocycles. The number of benzene rings is 1. The Morgan fingerprint density at radius 1 is 1.12 bits per heavy atom. The van der Waals surface area contributed by atoms with Gasteiger partial charge in [0.1, 0.15) is 10.5 Å². The number of hydrogen-bond donors (Lipinski definition) is 2. The maximum absolute atomic E-state index is 12.5. The van der Waals surface area contributed by atoms with Gasteiger partial charge in [-0.2, -0.15) is 4.98 Å². The number of nitrogens with one attached hydrogen (secondary N) is 2. The third-order valence-electron chi connectivity index (χ3n) is 6.55. The van der Waals surface area contributed by atoms with E-state index in [1.807, 2.05) is 45.0 Å². The Balaban J connectivity index is 1.29. The second kappa shape index (κ2) is 10.2. The zero-order chi connectivity index (χ0) is 28.0. The summed E-state index contributed by atoms with van der Waals surface area (Å²) in [6, 6.07) is 7.61. The molecule has 206 valence electrons. The van der Waals surface area contributed by atoms with Crippen LogP contribution in [0, 0.1) is 0 Å². The van der Waals surface area contributed by atoms with E-state index in [1.165, 1.54) is 11.3 Å². The molecule has 0 saturated heterocycles. The lowest BCUT2D eigenvalue weighted by atomic mass is 10.0. The van der Waals surface area contributed by atoms with Gasteiger partial charge in [0.05, 0.1) is 16.8 Å². The van der Waals surface area contributed by atoms with Crippen molar-refractivity contribution in [1.29, 1.82) is 0 Å². The summed E-state index contributed by atoms with van der Waals surface area (Å²) in [5.74, 6) is 0.566. The summed E-state index contributed by atoms with van der Waals surface area (Å²) in [5, 5.41) is 8.26. The molecule has 5 heterocycles. The molecule has 40 heavy (non-hydrogen) atoms. The lowest BCUT2D eigenvalue weighted by Crippen LogP contribution is -2.39. The molecule has 0 unspecified atom stereocenters. The van der Waals surface area contributed by atoms with Crippen LogP contribution in [0.4, 0.5) is 10.5 Å². The average Bonchev–Trinajstić information content (AvgIpc) is 3.20. The Kier molecular flexibility index (Phi) is 6.71. The Morgan fingerprint density at radius 3 is 2.73 bits per heavy atom. The van der Waals surface area contributed by atoms with Gasteiger partial charge in [0.25, 0.3) is 5.91 Å². The topological polar surface area (TPSA) is 119 Å². The quantitative estimate of drug-likeness (QED) is 0.290. The van der Waals surface area contributed by atoms with Crippen LogP contribution in [0.25, 0.3) is 26.6 Å². The second-order valence-electron chi connectivity index (χ2n) is 10.5. The monoisotopic (exact) mass is 578 g/mol. The van der Waals surface area contributed by atoms with Crippen molar-refractivity contribution in [2.75, 3.05) is 31.5 Å². The third-order valence-corrected chi connectivity index (χ3v) is 7.88. The molecule has 10 nitrogen and oxygen atoms in total. The van der Waals surface area contributed by atoms with Gasteiger partial charge in [-0.15, -0.1) is 11.3 Å². The summed E-state index contributed by atoms with van der Waals surface area (Å²) in [6.07, 6.45) is 3.80. The molecular formula is C28H27ClN6O4S. The summed E-state index contributed by atoms with van der Waals surface area (Å²) in [7, 11) is 0. The number of ether oxygens (including phenoxy) is 2. The zero-order valence-electron chi connectivity index (χ0n) is 22.2. The van der Waals surface area contributed by atoms with Gasteiger partial charge in [-0.1, -0.05) is 6.08 Å². The lowest BCUT2D eigenvalue weighted by Gasteiger charge is -2.29. The van der Waals surface area contributed by atoms with E-state index in [-0.39, 0.29) is 23.2 Å². The number of amides is 2. The molecule has 12 heteroatoms. The zero-order valence-corrected chi connectivity index (χ0v) is 23.8. The Bertz CT molecular complexity index is 1700. The van der Waals surface area contributed by atoms with Gasteiger partial charge in [0.2, 0.25) is 17.0 Å². The summed E-state index contributed by atoms with van der Waals surface area (Å²) in [4.78, 5) is 40.6. The van der Waals surface area contributed by atoms with Gasteiger partial charge in [0.15, 0.2) is 0 Å². The predicted molar refractivity (Wildman–Crippen MR) is 155 cm³/mol. The van der Waals surface area contributed by atoms with E-state index in [4.69, 9.17) is 26.1 Å². The molecule has 0 fully saturated rings. The van der Waals surface area contributed by atoms with Crippen LogP contribution in [0.1, 0.15) is 42.4 Å². The molecule has 0 spiro atoms. The van der Waals surface area contributed by atoms with E-state index < -0.39 is 5.60 Å². The molecule has 2 aliphatic rings. The fourth-order valence-electron chi connectivity index (χ4n) is 4.76. The van der Waals surface area contributed by atoms with Crippen molar-refractivity contribution >= 4 is 67.2 Å². The minimum atomic E-state index is -0.558. The Hall–Kier alpha value is -3.96. The molecule has 0 aliphatic carbocycles. The first-order valence-corrected chi connectivity index (χ1v) is 14.1. The predicted octanol–water partition coefficient (Wildman–Crippen LogP) is 5.86. The molecule has 2 aliphatic heterocycles. The van der Waals surface area contributed by atoms with Crippen molar-refractivity contribution in [3.63, 3.8) is 0 Å². The lowest BCUT2D eigenvalue weighted by molar-refractivity contribution is 0.0270. The van der Waals surface area contributed by atoms with Gasteiger partial charge >= 0.3 is 6.09 Å². The molecule has 0 bridgehead atoms. The first kappa shape index (κ1) is 26.3. The molecule has 1 aromatic carbocycles. The van der Waals surface area contributed by atoms with E-state index >= 15 is 0 Å². The minimum Gasteiger partial charge on any atom is -0.444 e. The van der Waals surface area contributed by atoms with Crippen LogP contribution < -0.4 is 15.4 Å². The number of carbonyl (C=O) groups excluding carboxylic acids is 2. The fraction of sp³-hybridized carbons (Fsp3) is 0.321. The molecule has 2 amide bonds. The molecule has 0 saturated carbocycles. The summed E-state index contributed by atoms with van der Waals surface area (Å²) >= 11 is 7.60. The largest absolute Gasteiger partial charge is 0.444 e. The number of thiophene rings is 1. The van der Waals surface area contributed by atoms with Crippen LogP contribution >= 0.6 is 22.9 Å². The Morgan fingerprint density at radius 2 is 1.95 bits per heavy atom. The van der Waals surface area contributed by atoms with Crippen LogP contribution in [-0.4, -0.2) is 63.6 Å². The maximum atomic E-state index is 12.5. The number of pyridine rings is 1. The van der Waals surface area contributed by atoms with Gasteiger partial charge in [-0.25, -0.2) is 14.8 Å². The highest BCUT2D eigenvalue weighted by Crippen LogP contribution is 2.41. The first-order valence-electron chi connectivity index (χ1n) is 12.9. The smallest absolute Gasteiger partial charge is 0.410 e. The first-order chi connectivity index (χ1) is 19.2. The second-order valence-corrected chi connectivity index (χ2v) is 11.9. The summed E-state index contributed by atoms with van der Waals surface area (Å²) in [6.45, 7) is 7.65. The van der Waals surface area contributed by atoms with E-state index in [0.29, 0.717) is 48.9 Å². The van der Waals surface area contributed by atoms with Gasteiger partial charge in [0, 0.05) is 53.9 Å². The van der Waals surface area contributed by atoms with E-state index in [0.717, 1.165) is 32.2 Å². The number of fused-ring (bicyclic) bond motifs is 5. The van der Waals surface area contributed by atoms with E-state index in [9.17, 15) is 9.59 Å². The summed E-state index contributed by atoms with van der Waals surface area (Å²) < 4.78 is 12.7. The van der Waals surface area contributed by atoms with Crippen LogP contribution in [0.5, 0.6) is 11.8 Å². The average molecular weight is 579 g/mol. The number of anilines is 1. The van der Waals surface area contributed by atoms with Gasteiger partial charge in [-0.3, -0.25) is 4.79 Å². The van der Waals surface area contributed by atoms with Gasteiger partial charge < -0.3 is 25.0 Å². The number of aromatic nitrogens is 3. The number of halogens is 1. The number of carbonyl (C=O) groups is 2. The van der Waals surface area contributed by atoms with E-state index in [1.54, 1.807) is 17.2 Å². The highest BCUT2D eigenvalue weighted by Gasteiger charge is 2.26. The molecule has 0 atom stereocenters.